The third kappa shape index (κ3) is 6.39. The van der Waals surface area contributed by atoms with Gasteiger partial charge in [0.05, 0.1) is 12.5 Å². The molecule has 0 saturated carbocycles. The highest BCUT2D eigenvalue weighted by Gasteiger charge is 2.16. The minimum Gasteiger partial charge on any atom is -0.481 e. The first-order valence-electron chi connectivity index (χ1n) is 8.36. The summed E-state index contributed by atoms with van der Waals surface area (Å²) in [6.07, 6.45) is 0.404. The van der Waals surface area contributed by atoms with Crippen LogP contribution in [0.5, 0.6) is 0 Å². The molecule has 0 radical (unpaired) electrons. The van der Waals surface area contributed by atoms with E-state index in [-0.39, 0.29) is 18.4 Å². The van der Waals surface area contributed by atoms with Crippen molar-refractivity contribution in [1.82, 2.24) is 10.2 Å². The molecule has 5 nitrogen and oxygen atoms in total. The number of nitrogens with zero attached hydrogens (tertiary/aromatic N) is 1. The first kappa shape index (κ1) is 18.7. The number of carboxylic acids is 1. The standard InChI is InChI=1S/C20H24N2O3/c1-22(15-13-19(24)25)14-12-18(23)21-20(16-8-4-2-5-9-16)17-10-6-3-7-11-17/h2-11,20H,12-15H2,1H3,(H,21,23)(H,24,25). The minimum absolute atomic E-state index is 0.0557. The second-order valence-corrected chi connectivity index (χ2v) is 6.02. The lowest BCUT2D eigenvalue weighted by molar-refractivity contribution is -0.137. The van der Waals surface area contributed by atoms with E-state index >= 15 is 0 Å². The molecule has 5 heteroatoms. The first-order chi connectivity index (χ1) is 12.1. The summed E-state index contributed by atoms with van der Waals surface area (Å²) in [5.41, 5.74) is 2.06. The average Bonchev–Trinajstić information content (AvgIpc) is 2.64. The van der Waals surface area contributed by atoms with Gasteiger partial charge in [0.2, 0.25) is 5.91 Å². The van der Waals surface area contributed by atoms with Gasteiger partial charge in [0.1, 0.15) is 0 Å². The Hall–Kier alpha value is -2.66. The average molecular weight is 340 g/mol. The molecule has 0 bridgehead atoms. The Balaban J connectivity index is 1.97. The highest BCUT2D eigenvalue weighted by atomic mass is 16.4. The molecule has 0 atom stereocenters. The highest BCUT2D eigenvalue weighted by molar-refractivity contribution is 5.77. The summed E-state index contributed by atoms with van der Waals surface area (Å²) in [5, 5.41) is 11.8. The van der Waals surface area contributed by atoms with E-state index in [4.69, 9.17) is 5.11 Å². The Labute approximate surface area is 148 Å². The van der Waals surface area contributed by atoms with E-state index in [1.807, 2.05) is 72.6 Å². The highest BCUT2D eigenvalue weighted by Crippen LogP contribution is 2.21. The molecule has 2 aromatic carbocycles. The number of benzene rings is 2. The van der Waals surface area contributed by atoms with Crippen LogP contribution in [-0.2, 0) is 9.59 Å². The number of hydrogen-bond acceptors (Lipinski definition) is 3. The second-order valence-electron chi connectivity index (χ2n) is 6.02. The molecule has 2 aromatic rings. The van der Waals surface area contributed by atoms with Gasteiger partial charge in [-0.3, -0.25) is 9.59 Å². The van der Waals surface area contributed by atoms with E-state index in [9.17, 15) is 9.59 Å². The quantitative estimate of drug-likeness (QED) is 0.736. The molecule has 0 heterocycles. The van der Waals surface area contributed by atoms with Crippen LogP contribution in [-0.4, -0.2) is 42.0 Å². The molecular formula is C20H24N2O3. The predicted octanol–water partition coefficient (Wildman–Crippen LogP) is 2.69. The molecule has 0 aliphatic carbocycles. The van der Waals surface area contributed by atoms with Gasteiger partial charge in [-0.1, -0.05) is 60.7 Å². The molecule has 132 valence electrons. The molecule has 0 aromatic heterocycles. The summed E-state index contributed by atoms with van der Waals surface area (Å²) in [7, 11) is 1.82. The van der Waals surface area contributed by atoms with Gasteiger partial charge in [-0.25, -0.2) is 0 Å². The van der Waals surface area contributed by atoms with Crippen molar-refractivity contribution in [2.75, 3.05) is 20.1 Å². The van der Waals surface area contributed by atoms with E-state index in [2.05, 4.69) is 5.32 Å². The number of aliphatic carboxylic acids is 1. The minimum atomic E-state index is -0.829. The summed E-state index contributed by atoms with van der Waals surface area (Å²) in [5.74, 6) is -0.885. The Morgan fingerprint density at radius 1 is 0.920 bits per heavy atom. The van der Waals surface area contributed by atoms with Crippen molar-refractivity contribution in [3.05, 3.63) is 71.8 Å². The maximum absolute atomic E-state index is 12.4. The van der Waals surface area contributed by atoms with E-state index in [1.165, 1.54) is 0 Å². The molecule has 0 unspecified atom stereocenters. The Morgan fingerprint density at radius 3 is 1.88 bits per heavy atom. The van der Waals surface area contributed by atoms with Crippen LogP contribution < -0.4 is 5.32 Å². The molecule has 0 aliphatic rings. The van der Waals surface area contributed by atoms with E-state index in [0.29, 0.717) is 19.5 Å². The van der Waals surface area contributed by atoms with Crippen molar-refractivity contribution in [2.24, 2.45) is 0 Å². The fraction of sp³-hybridized carbons (Fsp3) is 0.300. The maximum atomic E-state index is 12.4. The second kappa shape index (κ2) is 9.59. The van der Waals surface area contributed by atoms with Crippen molar-refractivity contribution in [3.63, 3.8) is 0 Å². The predicted molar refractivity (Wildman–Crippen MR) is 97.2 cm³/mol. The number of rotatable bonds is 9. The third-order valence-electron chi connectivity index (χ3n) is 4.00. The lowest BCUT2D eigenvalue weighted by Crippen LogP contribution is -2.33. The zero-order chi connectivity index (χ0) is 18.1. The van der Waals surface area contributed by atoms with Crippen LogP contribution >= 0.6 is 0 Å². The fourth-order valence-corrected chi connectivity index (χ4v) is 2.57. The molecule has 0 aliphatic heterocycles. The van der Waals surface area contributed by atoms with Crippen molar-refractivity contribution in [2.45, 2.75) is 18.9 Å². The van der Waals surface area contributed by atoms with Crippen molar-refractivity contribution in [1.29, 1.82) is 0 Å². The van der Waals surface area contributed by atoms with Gasteiger partial charge in [0, 0.05) is 19.5 Å². The normalized spacial score (nSPS) is 10.8. The number of nitrogens with one attached hydrogen (secondary N) is 1. The lowest BCUT2D eigenvalue weighted by Gasteiger charge is -2.21. The van der Waals surface area contributed by atoms with Gasteiger partial charge in [-0.2, -0.15) is 0 Å². The summed E-state index contributed by atoms with van der Waals surface area (Å²) in [6.45, 7) is 0.957. The van der Waals surface area contributed by atoms with Gasteiger partial charge in [0.25, 0.3) is 0 Å². The van der Waals surface area contributed by atoms with Crippen LogP contribution in [0.2, 0.25) is 0 Å². The van der Waals surface area contributed by atoms with E-state index < -0.39 is 5.97 Å². The number of carbonyl (C=O) groups excluding carboxylic acids is 1. The van der Waals surface area contributed by atoms with Gasteiger partial charge < -0.3 is 15.3 Å². The number of carbonyl (C=O) groups is 2. The topological polar surface area (TPSA) is 69.6 Å². The monoisotopic (exact) mass is 340 g/mol. The number of hydrogen-bond donors (Lipinski definition) is 2. The zero-order valence-corrected chi connectivity index (χ0v) is 14.4. The molecule has 0 spiro atoms. The number of amides is 1. The van der Waals surface area contributed by atoms with Gasteiger partial charge in [0.15, 0.2) is 0 Å². The third-order valence-corrected chi connectivity index (χ3v) is 4.00. The number of carboxylic acid groups (broad SMARTS) is 1. The van der Waals surface area contributed by atoms with Crippen molar-refractivity contribution < 1.29 is 14.7 Å². The summed E-state index contributed by atoms with van der Waals surface area (Å²) in [4.78, 5) is 24.8. The van der Waals surface area contributed by atoms with E-state index in [0.717, 1.165) is 11.1 Å². The SMILES string of the molecule is CN(CCC(=O)O)CCC(=O)NC(c1ccccc1)c1ccccc1. The molecular weight excluding hydrogens is 316 g/mol. The van der Waals surface area contributed by atoms with Crippen LogP contribution in [0.15, 0.2) is 60.7 Å². The molecule has 2 rings (SSSR count). The fourth-order valence-electron chi connectivity index (χ4n) is 2.57. The Kier molecular flexibility index (Phi) is 7.16. The van der Waals surface area contributed by atoms with Gasteiger partial charge in [-0.15, -0.1) is 0 Å². The van der Waals surface area contributed by atoms with Crippen LogP contribution in [0.3, 0.4) is 0 Å². The molecule has 0 saturated heterocycles. The van der Waals surface area contributed by atoms with Crippen LogP contribution in [0, 0.1) is 0 Å². The Bertz CT molecular complexity index is 634. The summed E-state index contributed by atoms with van der Waals surface area (Å²) < 4.78 is 0. The summed E-state index contributed by atoms with van der Waals surface area (Å²) >= 11 is 0. The molecule has 0 fully saturated rings. The van der Waals surface area contributed by atoms with Gasteiger partial charge >= 0.3 is 5.97 Å². The lowest BCUT2D eigenvalue weighted by atomic mass is 9.98. The molecule has 25 heavy (non-hydrogen) atoms. The van der Waals surface area contributed by atoms with Crippen molar-refractivity contribution >= 4 is 11.9 Å². The van der Waals surface area contributed by atoms with Crippen LogP contribution in [0.1, 0.15) is 30.0 Å². The molecule has 2 N–H and O–H groups in total. The van der Waals surface area contributed by atoms with Crippen LogP contribution in [0.25, 0.3) is 0 Å². The summed E-state index contributed by atoms with van der Waals surface area (Å²) in [6, 6.07) is 19.5. The Morgan fingerprint density at radius 2 is 1.40 bits per heavy atom. The maximum Gasteiger partial charge on any atom is 0.304 e. The molecule has 1 amide bonds. The van der Waals surface area contributed by atoms with Crippen molar-refractivity contribution in [3.8, 4) is 0 Å². The smallest absolute Gasteiger partial charge is 0.304 e. The van der Waals surface area contributed by atoms with Crippen LogP contribution in [0.4, 0.5) is 0 Å². The largest absolute Gasteiger partial charge is 0.481 e. The van der Waals surface area contributed by atoms with E-state index in [1.54, 1.807) is 0 Å². The zero-order valence-electron chi connectivity index (χ0n) is 14.4. The first-order valence-corrected chi connectivity index (χ1v) is 8.36. The van der Waals surface area contributed by atoms with Gasteiger partial charge in [-0.05, 0) is 18.2 Å².